The average Bonchev–Trinajstić information content (AvgIpc) is 2.38. The molecule has 0 saturated carbocycles. The highest BCUT2D eigenvalue weighted by atomic mass is 19.1. The van der Waals surface area contributed by atoms with Gasteiger partial charge in [-0.05, 0) is 19.2 Å². The summed E-state index contributed by atoms with van der Waals surface area (Å²) in [4.78, 5) is 16.2. The van der Waals surface area contributed by atoms with Gasteiger partial charge in [0.2, 0.25) is 0 Å². The molecule has 1 aromatic carbocycles. The zero-order valence-corrected chi connectivity index (χ0v) is 10.6. The van der Waals surface area contributed by atoms with Crippen LogP contribution in [0.25, 0.3) is 0 Å². The molecule has 4 nitrogen and oxygen atoms in total. The number of carbonyl (C=O) groups excluding carboxylic acids is 1. The van der Waals surface area contributed by atoms with Gasteiger partial charge in [0, 0.05) is 32.2 Å². The predicted molar refractivity (Wildman–Crippen MR) is 66.4 cm³/mol. The Bertz CT molecular complexity index is 443. The third-order valence-corrected chi connectivity index (χ3v) is 3.18. The summed E-state index contributed by atoms with van der Waals surface area (Å²) in [5.74, 6) is -0.208. The molecule has 0 radical (unpaired) electrons. The van der Waals surface area contributed by atoms with E-state index >= 15 is 0 Å². The van der Waals surface area contributed by atoms with Crippen molar-refractivity contribution in [3.8, 4) is 5.75 Å². The molecule has 1 fully saturated rings. The maximum atomic E-state index is 13.1. The molecular formula is C13H17FN2O2. The van der Waals surface area contributed by atoms with Crippen LogP contribution >= 0.6 is 0 Å². The van der Waals surface area contributed by atoms with Crippen molar-refractivity contribution in [2.75, 3.05) is 40.3 Å². The first-order valence-electron chi connectivity index (χ1n) is 5.93. The van der Waals surface area contributed by atoms with Crippen molar-refractivity contribution >= 4 is 5.91 Å². The lowest BCUT2D eigenvalue weighted by Crippen LogP contribution is -2.47. The van der Waals surface area contributed by atoms with Gasteiger partial charge in [-0.15, -0.1) is 0 Å². The van der Waals surface area contributed by atoms with Crippen molar-refractivity contribution in [2.24, 2.45) is 0 Å². The largest absolute Gasteiger partial charge is 0.496 e. The Labute approximate surface area is 106 Å². The highest BCUT2D eigenvalue weighted by Crippen LogP contribution is 2.21. The maximum absolute atomic E-state index is 13.1. The quantitative estimate of drug-likeness (QED) is 0.793. The summed E-state index contributed by atoms with van der Waals surface area (Å²) in [6, 6.07) is 4.00. The summed E-state index contributed by atoms with van der Waals surface area (Å²) in [6.45, 7) is 3.09. The van der Waals surface area contributed by atoms with E-state index in [1.165, 1.54) is 25.3 Å². The number of nitrogens with zero attached hydrogens (tertiary/aromatic N) is 2. The van der Waals surface area contributed by atoms with Crippen molar-refractivity contribution < 1.29 is 13.9 Å². The number of piperazine rings is 1. The Morgan fingerprint density at radius 1 is 1.28 bits per heavy atom. The zero-order valence-electron chi connectivity index (χ0n) is 10.6. The number of methoxy groups -OCH3 is 1. The molecule has 1 aromatic rings. The van der Waals surface area contributed by atoms with Gasteiger partial charge >= 0.3 is 0 Å². The highest BCUT2D eigenvalue weighted by molar-refractivity contribution is 5.97. The van der Waals surface area contributed by atoms with Gasteiger partial charge in [-0.2, -0.15) is 0 Å². The second-order valence-corrected chi connectivity index (χ2v) is 4.44. The van der Waals surface area contributed by atoms with Crippen LogP contribution in [0.15, 0.2) is 18.2 Å². The molecule has 1 aliphatic rings. The molecule has 0 spiro atoms. The monoisotopic (exact) mass is 252 g/mol. The molecule has 1 heterocycles. The van der Waals surface area contributed by atoms with Crippen LogP contribution in [-0.2, 0) is 0 Å². The fourth-order valence-electron chi connectivity index (χ4n) is 2.02. The highest BCUT2D eigenvalue weighted by Gasteiger charge is 2.23. The number of likely N-dealkylation sites (N-methyl/N-ethyl adjacent to an activating group) is 1. The van der Waals surface area contributed by atoms with Crippen molar-refractivity contribution in [1.29, 1.82) is 0 Å². The van der Waals surface area contributed by atoms with E-state index in [9.17, 15) is 9.18 Å². The molecular weight excluding hydrogens is 235 g/mol. The number of ether oxygens (including phenoxy) is 1. The van der Waals surface area contributed by atoms with Crippen LogP contribution in [-0.4, -0.2) is 56.0 Å². The third kappa shape index (κ3) is 2.61. The molecule has 1 aliphatic heterocycles. The Morgan fingerprint density at radius 3 is 2.56 bits per heavy atom. The predicted octanol–water partition coefficient (Wildman–Crippen LogP) is 1.22. The van der Waals surface area contributed by atoms with E-state index in [2.05, 4.69) is 4.90 Å². The third-order valence-electron chi connectivity index (χ3n) is 3.18. The Hall–Kier alpha value is -1.62. The molecule has 0 bridgehead atoms. The summed E-state index contributed by atoms with van der Waals surface area (Å²) in [5.41, 5.74) is 0.420. The van der Waals surface area contributed by atoms with Gasteiger partial charge < -0.3 is 14.5 Å². The first-order valence-corrected chi connectivity index (χ1v) is 5.93. The first-order chi connectivity index (χ1) is 8.61. The SMILES string of the molecule is COc1cc(F)ccc1C(=O)N1CCN(C)CC1. The number of halogens is 1. The molecule has 0 N–H and O–H groups in total. The van der Waals surface area contributed by atoms with E-state index in [-0.39, 0.29) is 5.91 Å². The van der Waals surface area contributed by atoms with Gasteiger partial charge in [-0.3, -0.25) is 4.79 Å². The van der Waals surface area contributed by atoms with Crippen LogP contribution in [0.3, 0.4) is 0 Å². The molecule has 1 saturated heterocycles. The van der Waals surface area contributed by atoms with Gasteiger partial charge in [0.05, 0.1) is 12.7 Å². The summed E-state index contributed by atoms with van der Waals surface area (Å²) in [6.07, 6.45) is 0. The number of benzene rings is 1. The van der Waals surface area contributed by atoms with Crippen LogP contribution in [0.1, 0.15) is 10.4 Å². The molecule has 2 rings (SSSR count). The minimum absolute atomic E-state index is 0.0973. The molecule has 0 aliphatic carbocycles. The van der Waals surface area contributed by atoms with Gasteiger partial charge in [0.25, 0.3) is 5.91 Å². The summed E-state index contributed by atoms with van der Waals surface area (Å²) in [7, 11) is 3.47. The average molecular weight is 252 g/mol. The summed E-state index contributed by atoms with van der Waals surface area (Å²) < 4.78 is 18.1. The second-order valence-electron chi connectivity index (χ2n) is 4.44. The van der Waals surface area contributed by atoms with Gasteiger partial charge in [-0.25, -0.2) is 4.39 Å². The standard InChI is InChI=1S/C13H17FN2O2/c1-15-5-7-16(8-6-15)13(17)11-4-3-10(14)9-12(11)18-2/h3-4,9H,5-8H2,1-2H3. The number of amides is 1. The number of rotatable bonds is 2. The lowest BCUT2D eigenvalue weighted by atomic mass is 10.1. The van der Waals surface area contributed by atoms with Crippen LogP contribution < -0.4 is 4.74 Å². The van der Waals surface area contributed by atoms with Gasteiger partial charge in [0.1, 0.15) is 11.6 Å². The molecule has 0 unspecified atom stereocenters. The number of hydrogen-bond donors (Lipinski definition) is 0. The van der Waals surface area contributed by atoms with Crippen LogP contribution in [0.4, 0.5) is 4.39 Å². The lowest BCUT2D eigenvalue weighted by molar-refractivity contribution is 0.0660. The van der Waals surface area contributed by atoms with Crippen LogP contribution in [0, 0.1) is 5.82 Å². The smallest absolute Gasteiger partial charge is 0.257 e. The summed E-state index contributed by atoms with van der Waals surface area (Å²) >= 11 is 0. The van der Waals surface area contributed by atoms with Gasteiger partial charge in [-0.1, -0.05) is 0 Å². The normalized spacial score (nSPS) is 16.7. The fraction of sp³-hybridized carbons (Fsp3) is 0.462. The second kappa shape index (κ2) is 5.35. The molecule has 1 amide bonds. The number of carbonyl (C=O) groups is 1. The molecule has 0 aromatic heterocycles. The first kappa shape index (κ1) is 12.8. The van der Waals surface area contributed by atoms with Crippen LogP contribution in [0.2, 0.25) is 0 Å². The van der Waals surface area contributed by atoms with Crippen LogP contribution in [0.5, 0.6) is 5.75 Å². The number of hydrogen-bond acceptors (Lipinski definition) is 3. The summed E-state index contributed by atoms with van der Waals surface area (Å²) in [5, 5.41) is 0. The topological polar surface area (TPSA) is 32.8 Å². The fourth-order valence-corrected chi connectivity index (χ4v) is 2.02. The molecule has 5 heteroatoms. The van der Waals surface area contributed by atoms with Crippen molar-refractivity contribution in [3.05, 3.63) is 29.6 Å². The van der Waals surface area contributed by atoms with Crippen molar-refractivity contribution in [3.63, 3.8) is 0 Å². The van der Waals surface area contributed by atoms with Gasteiger partial charge in [0.15, 0.2) is 0 Å². The minimum atomic E-state index is -0.401. The molecule has 18 heavy (non-hydrogen) atoms. The van der Waals surface area contributed by atoms with E-state index in [1.54, 1.807) is 4.90 Å². The lowest BCUT2D eigenvalue weighted by Gasteiger charge is -2.32. The van der Waals surface area contributed by atoms with Crippen molar-refractivity contribution in [2.45, 2.75) is 0 Å². The van der Waals surface area contributed by atoms with E-state index < -0.39 is 5.82 Å². The molecule has 98 valence electrons. The zero-order chi connectivity index (χ0) is 13.1. The minimum Gasteiger partial charge on any atom is -0.496 e. The maximum Gasteiger partial charge on any atom is 0.257 e. The van der Waals surface area contributed by atoms with E-state index in [0.717, 1.165) is 13.1 Å². The van der Waals surface area contributed by atoms with Crippen molar-refractivity contribution in [1.82, 2.24) is 9.80 Å². The van der Waals surface area contributed by atoms with E-state index in [1.807, 2.05) is 7.05 Å². The van der Waals surface area contributed by atoms with E-state index in [4.69, 9.17) is 4.74 Å². The van der Waals surface area contributed by atoms with E-state index in [0.29, 0.717) is 24.4 Å². The molecule has 0 atom stereocenters. The Balaban J connectivity index is 2.18. The Kier molecular flexibility index (Phi) is 3.81. The Morgan fingerprint density at radius 2 is 1.94 bits per heavy atom.